The summed E-state index contributed by atoms with van der Waals surface area (Å²) in [6, 6.07) is 4.23. The van der Waals surface area contributed by atoms with Gasteiger partial charge in [0, 0.05) is 6.42 Å². The van der Waals surface area contributed by atoms with Crippen LogP contribution in [0.2, 0.25) is 0 Å². The van der Waals surface area contributed by atoms with E-state index in [1.165, 1.54) is 26.4 Å². The van der Waals surface area contributed by atoms with Gasteiger partial charge in [-0.1, -0.05) is 6.07 Å². The molecular weight excluding hydrogens is 215 g/mol. The monoisotopic (exact) mass is 228 g/mol. The minimum atomic E-state index is -1.28. The number of ether oxygens (including phenoxy) is 2. The number of halogens is 1. The van der Waals surface area contributed by atoms with Crippen molar-refractivity contribution in [2.45, 2.75) is 12.5 Å². The predicted octanol–water partition coefficient (Wildman–Crippen LogP) is 0.911. The molecule has 1 atom stereocenters. The molecular formula is C11H13FO4. The summed E-state index contributed by atoms with van der Waals surface area (Å²) < 4.78 is 22.4. The number of esters is 1. The Morgan fingerprint density at radius 2 is 2.19 bits per heavy atom. The van der Waals surface area contributed by atoms with Crippen LogP contribution in [0.3, 0.4) is 0 Å². The van der Waals surface area contributed by atoms with Crippen LogP contribution in [-0.2, 0) is 16.0 Å². The molecule has 88 valence electrons. The van der Waals surface area contributed by atoms with Crippen molar-refractivity contribution in [3.05, 3.63) is 29.6 Å². The summed E-state index contributed by atoms with van der Waals surface area (Å²) in [6.07, 6.45) is -1.27. The molecule has 0 heterocycles. The van der Waals surface area contributed by atoms with E-state index in [9.17, 15) is 14.3 Å². The van der Waals surface area contributed by atoms with Crippen molar-refractivity contribution < 1.29 is 23.8 Å². The van der Waals surface area contributed by atoms with Gasteiger partial charge < -0.3 is 14.6 Å². The van der Waals surface area contributed by atoms with Crippen LogP contribution in [0.1, 0.15) is 5.56 Å². The minimum Gasteiger partial charge on any atom is -0.494 e. The zero-order valence-electron chi connectivity index (χ0n) is 9.07. The van der Waals surface area contributed by atoms with E-state index in [2.05, 4.69) is 4.74 Å². The number of rotatable bonds is 4. The van der Waals surface area contributed by atoms with Gasteiger partial charge in [0.1, 0.15) is 0 Å². The highest BCUT2D eigenvalue weighted by molar-refractivity contribution is 5.74. The Balaban J connectivity index is 2.75. The Morgan fingerprint density at radius 1 is 1.50 bits per heavy atom. The van der Waals surface area contributed by atoms with Crippen molar-refractivity contribution in [1.82, 2.24) is 0 Å². The fourth-order valence-electron chi connectivity index (χ4n) is 1.28. The molecule has 1 rings (SSSR count). The number of hydrogen-bond acceptors (Lipinski definition) is 4. The standard InChI is InChI=1S/C11H13FO4/c1-15-10-4-3-7(5-8(10)12)6-9(13)11(14)16-2/h3-5,9,13H,6H2,1-2H3. The van der Waals surface area contributed by atoms with Crippen molar-refractivity contribution in [3.8, 4) is 5.75 Å². The van der Waals surface area contributed by atoms with Crippen molar-refractivity contribution in [1.29, 1.82) is 0 Å². The largest absolute Gasteiger partial charge is 0.494 e. The van der Waals surface area contributed by atoms with Crippen LogP contribution in [0, 0.1) is 5.82 Å². The zero-order chi connectivity index (χ0) is 12.1. The number of carbonyl (C=O) groups excluding carboxylic acids is 1. The highest BCUT2D eigenvalue weighted by Gasteiger charge is 2.16. The summed E-state index contributed by atoms with van der Waals surface area (Å²) in [7, 11) is 2.54. The van der Waals surface area contributed by atoms with E-state index in [1.807, 2.05) is 0 Å². The molecule has 0 saturated carbocycles. The Morgan fingerprint density at radius 3 is 2.69 bits per heavy atom. The minimum absolute atomic E-state index is 0.00753. The molecule has 0 aliphatic rings. The van der Waals surface area contributed by atoms with Crippen LogP contribution in [0.25, 0.3) is 0 Å². The lowest BCUT2D eigenvalue weighted by atomic mass is 10.1. The summed E-state index contributed by atoms with van der Waals surface area (Å²) in [5, 5.41) is 9.36. The molecule has 1 aromatic carbocycles. The average Bonchev–Trinajstić information content (AvgIpc) is 2.28. The third-order valence-electron chi connectivity index (χ3n) is 2.12. The third-order valence-corrected chi connectivity index (χ3v) is 2.12. The summed E-state index contributed by atoms with van der Waals surface area (Å²) in [4.78, 5) is 10.9. The second-order valence-electron chi connectivity index (χ2n) is 3.21. The van der Waals surface area contributed by atoms with E-state index in [0.717, 1.165) is 0 Å². The topological polar surface area (TPSA) is 55.8 Å². The number of aliphatic hydroxyl groups is 1. The van der Waals surface area contributed by atoms with Gasteiger partial charge in [-0.2, -0.15) is 0 Å². The number of hydrogen-bond donors (Lipinski definition) is 1. The van der Waals surface area contributed by atoms with Crippen LogP contribution >= 0.6 is 0 Å². The molecule has 5 heteroatoms. The Hall–Kier alpha value is -1.62. The molecule has 0 aliphatic carbocycles. The first kappa shape index (κ1) is 12.4. The summed E-state index contributed by atoms with van der Waals surface area (Å²) >= 11 is 0. The van der Waals surface area contributed by atoms with Gasteiger partial charge in [-0.3, -0.25) is 0 Å². The predicted molar refractivity (Wildman–Crippen MR) is 54.7 cm³/mol. The zero-order valence-corrected chi connectivity index (χ0v) is 9.07. The molecule has 1 N–H and O–H groups in total. The normalized spacial score (nSPS) is 12.0. The lowest BCUT2D eigenvalue weighted by molar-refractivity contribution is -0.150. The van der Waals surface area contributed by atoms with Crippen molar-refractivity contribution in [2.75, 3.05) is 14.2 Å². The molecule has 0 radical (unpaired) electrons. The van der Waals surface area contributed by atoms with Crippen LogP contribution in [0.5, 0.6) is 5.75 Å². The summed E-state index contributed by atoms with van der Waals surface area (Å²) in [6.45, 7) is 0. The Labute approximate surface area is 92.6 Å². The van der Waals surface area contributed by atoms with Gasteiger partial charge in [0.25, 0.3) is 0 Å². The third kappa shape index (κ3) is 2.93. The highest BCUT2D eigenvalue weighted by Crippen LogP contribution is 2.18. The van der Waals surface area contributed by atoms with Gasteiger partial charge in [0.2, 0.25) is 0 Å². The van der Waals surface area contributed by atoms with Crippen molar-refractivity contribution in [2.24, 2.45) is 0 Å². The maximum atomic E-state index is 13.3. The first-order valence-electron chi connectivity index (χ1n) is 4.66. The molecule has 0 aliphatic heterocycles. The molecule has 0 bridgehead atoms. The van der Waals surface area contributed by atoms with E-state index in [-0.39, 0.29) is 12.2 Å². The maximum Gasteiger partial charge on any atom is 0.335 e. The first-order valence-corrected chi connectivity index (χ1v) is 4.66. The van der Waals surface area contributed by atoms with E-state index < -0.39 is 17.9 Å². The summed E-state index contributed by atoms with van der Waals surface area (Å²) in [5.74, 6) is -1.15. The van der Waals surface area contributed by atoms with E-state index in [4.69, 9.17) is 4.74 Å². The van der Waals surface area contributed by atoms with Crippen molar-refractivity contribution in [3.63, 3.8) is 0 Å². The quantitative estimate of drug-likeness (QED) is 0.778. The fourth-order valence-corrected chi connectivity index (χ4v) is 1.28. The number of carbonyl (C=O) groups is 1. The molecule has 1 aromatic rings. The van der Waals surface area contributed by atoms with Crippen LogP contribution in [-0.4, -0.2) is 31.4 Å². The van der Waals surface area contributed by atoms with Crippen LogP contribution < -0.4 is 4.74 Å². The fraction of sp³-hybridized carbons (Fsp3) is 0.364. The van der Waals surface area contributed by atoms with E-state index >= 15 is 0 Å². The van der Waals surface area contributed by atoms with Gasteiger partial charge in [-0.15, -0.1) is 0 Å². The van der Waals surface area contributed by atoms with Crippen LogP contribution in [0.15, 0.2) is 18.2 Å². The van der Waals surface area contributed by atoms with Gasteiger partial charge in [-0.25, -0.2) is 9.18 Å². The smallest absolute Gasteiger partial charge is 0.335 e. The number of methoxy groups -OCH3 is 2. The second kappa shape index (κ2) is 5.46. The van der Waals surface area contributed by atoms with Crippen LogP contribution in [0.4, 0.5) is 4.39 Å². The molecule has 0 fully saturated rings. The molecule has 0 amide bonds. The first-order chi connectivity index (χ1) is 7.58. The van der Waals surface area contributed by atoms with Gasteiger partial charge in [0.05, 0.1) is 14.2 Å². The molecule has 4 nitrogen and oxygen atoms in total. The van der Waals surface area contributed by atoms with Gasteiger partial charge in [-0.05, 0) is 17.7 Å². The SMILES string of the molecule is COC(=O)C(O)Cc1ccc(OC)c(F)c1. The second-order valence-corrected chi connectivity index (χ2v) is 3.21. The molecule has 0 aromatic heterocycles. The number of benzene rings is 1. The van der Waals surface area contributed by atoms with Gasteiger partial charge in [0.15, 0.2) is 17.7 Å². The summed E-state index contributed by atoms with van der Waals surface area (Å²) in [5.41, 5.74) is 0.496. The van der Waals surface area contributed by atoms with E-state index in [0.29, 0.717) is 5.56 Å². The van der Waals surface area contributed by atoms with Crippen molar-refractivity contribution >= 4 is 5.97 Å². The van der Waals surface area contributed by atoms with E-state index in [1.54, 1.807) is 6.07 Å². The number of aliphatic hydroxyl groups excluding tert-OH is 1. The lowest BCUT2D eigenvalue weighted by Gasteiger charge is -2.09. The maximum absolute atomic E-state index is 13.3. The molecule has 16 heavy (non-hydrogen) atoms. The molecule has 0 saturated heterocycles. The Kier molecular flexibility index (Phi) is 4.25. The average molecular weight is 228 g/mol. The molecule has 0 spiro atoms. The lowest BCUT2D eigenvalue weighted by Crippen LogP contribution is -2.24. The molecule has 1 unspecified atom stereocenters. The Bertz CT molecular complexity index is 378. The van der Waals surface area contributed by atoms with Gasteiger partial charge >= 0.3 is 5.97 Å². The highest BCUT2D eigenvalue weighted by atomic mass is 19.1.